The van der Waals surface area contributed by atoms with Crippen molar-refractivity contribution in [1.82, 2.24) is 5.32 Å². The Morgan fingerprint density at radius 1 is 1.12 bits per heavy atom. The molecular weight excluding hydrogens is 314 g/mol. The quantitative estimate of drug-likeness (QED) is 0.742. The molecule has 0 saturated carbocycles. The highest BCUT2D eigenvalue weighted by Gasteiger charge is 2.15. The maximum absolute atomic E-state index is 12.2. The molecule has 2 rings (SSSR count). The molecule has 0 fully saturated rings. The molecule has 0 unspecified atom stereocenters. The molecule has 0 heterocycles. The molecule has 4 heteroatoms. The molecule has 0 aliphatic carbocycles. The molecule has 0 bridgehead atoms. The number of rotatable bonds is 8. The minimum atomic E-state index is -0.547. The highest BCUT2D eigenvalue weighted by atomic mass is 16.5. The van der Waals surface area contributed by atoms with Crippen LogP contribution in [0.3, 0.4) is 0 Å². The molecule has 1 amide bonds. The van der Waals surface area contributed by atoms with Gasteiger partial charge >= 0.3 is 0 Å². The van der Waals surface area contributed by atoms with Gasteiger partial charge in [0.1, 0.15) is 18.1 Å². The van der Waals surface area contributed by atoms with E-state index in [0.717, 1.165) is 34.6 Å². The van der Waals surface area contributed by atoms with Gasteiger partial charge in [-0.05, 0) is 62.1 Å². The van der Waals surface area contributed by atoms with E-state index in [0.29, 0.717) is 13.2 Å². The number of amides is 1. The normalized spacial score (nSPS) is 11.7. The van der Waals surface area contributed by atoms with Crippen LogP contribution in [-0.4, -0.2) is 25.2 Å². The van der Waals surface area contributed by atoms with Gasteiger partial charge in [0.25, 0.3) is 5.91 Å². The summed E-state index contributed by atoms with van der Waals surface area (Å²) in [5.74, 6) is 1.45. The fourth-order valence-electron chi connectivity index (χ4n) is 2.66. The van der Waals surface area contributed by atoms with Gasteiger partial charge in [0.15, 0.2) is 6.10 Å². The number of hydrogen-bond donors (Lipinski definition) is 1. The summed E-state index contributed by atoms with van der Waals surface area (Å²) < 4.78 is 11.5. The average Bonchev–Trinajstić information content (AvgIpc) is 2.58. The van der Waals surface area contributed by atoms with Crippen LogP contribution in [0, 0.1) is 13.8 Å². The second-order valence-corrected chi connectivity index (χ2v) is 6.18. The second kappa shape index (κ2) is 9.11. The summed E-state index contributed by atoms with van der Waals surface area (Å²) in [5, 5.41) is 2.85. The number of nitrogens with one attached hydrogen (secondary N) is 1. The zero-order valence-corrected chi connectivity index (χ0v) is 15.5. The molecule has 0 aliphatic rings. The van der Waals surface area contributed by atoms with Gasteiger partial charge in [0, 0.05) is 0 Å². The van der Waals surface area contributed by atoms with E-state index in [-0.39, 0.29) is 5.91 Å². The molecular formula is C21H27NO3. The summed E-state index contributed by atoms with van der Waals surface area (Å²) in [6.45, 7) is 8.76. The lowest BCUT2D eigenvalue weighted by molar-refractivity contribution is -0.127. The predicted molar refractivity (Wildman–Crippen MR) is 100 cm³/mol. The van der Waals surface area contributed by atoms with Crippen LogP contribution in [0.5, 0.6) is 11.5 Å². The molecule has 134 valence electrons. The van der Waals surface area contributed by atoms with Crippen LogP contribution >= 0.6 is 0 Å². The third-order valence-corrected chi connectivity index (χ3v) is 3.89. The molecule has 1 N–H and O–H groups in total. The Kier molecular flexibility index (Phi) is 6.87. The zero-order valence-electron chi connectivity index (χ0n) is 15.5. The van der Waals surface area contributed by atoms with E-state index in [9.17, 15) is 4.79 Å². The summed E-state index contributed by atoms with van der Waals surface area (Å²) in [7, 11) is 0. The van der Waals surface area contributed by atoms with Gasteiger partial charge in [0.05, 0.1) is 6.54 Å². The Morgan fingerprint density at radius 3 is 2.48 bits per heavy atom. The van der Waals surface area contributed by atoms with Crippen molar-refractivity contribution in [3.63, 3.8) is 0 Å². The number of para-hydroxylation sites is 1. The number of carbonyl (C=O) groups is 1. The minimum absolute atomic E-state index is 0.144. The summed E-state index contributed by atoms with van der Waals surface area (Å²) in [6, 6.07) is 13.9. The first-order chi connectivity index (χ1) is 12.0. The molecule has 4 nitrogen and oxygen atoms in total. The fourth-order valence-corrected chi connectivity index (χ4v) is 2.66. The van der Waals surface area contributed by atoms with Crippen LogP contribution < -0.4 is 14.8 Å². The molecule has 2 aromatic rings. The SMILES string of the molecule is CCc1ccccc1O[C@@H](C)C(=O)NCCOc1cc(C)cc(C)c1. The summed E-state index contributed by atoms with van der Waals surface area (Å²) >= 11 is 0. The Balaban J connectivity index is 1.77. The van der Waals surface area contributed by atoms with Gasteiger partial charge < -0.3 is 14.8 Å². The predicted octanol–water partition coefficient (Wildman–Crippen LogP) is 3.83. The van der Waals surface area contributed by atoms with E-state index in [1.165, 1.54) is 0 Å². The van der Waals surface area contributed by atoms with E-state index in [1.54, 1.807) is 6.92 Å². The number of ether oxygens (including phenoxy) is 2. The molecule has 0 aliphatic heterocycles. The minimum Gasteiger partial charge on any atom is -0.492 e. The molecule has 2 aromatic carbocycles. The number of hydrogen-bond acceptors (Lipinski definition) is 3. The Morgan fingerprint density at radius 2 is 1.80 bits per heavy atom. The summed E-state index contributed by atoms with van der Waals surface area (Å²) in [4.78, 5) is 12.2. The lowest BCUT2D eigenvalue weighted by Crippen LogP contribution is -2.38. The van der Waals surface area contributed by atoms with E-state index >= 15 is 0 Å². The number of carbonyl (C=O) groups excluding carboxylic acids is 1. The first-order valence-electron chi connectivity index (χ1n) is 8.73. The van der Waals surface area contributed by atoms with Gasteiger partial charge in [-0.1, -0.05) is 31.2 Å². The molecule has 0 saturated heterocycles. The van der Waals surface area contributed by atoms with E-state index < -0.39 is 6.10 Å². The topological polar surface area (TPSA) is 47.6 Å². The summed E-state index contributed by atoms with van der Waals surface area (Å²) in [5.41, 5.74) is 3.42. The number of aryl methyl sites for hydroxylation is 3. The van der Waals surface area contributed by atoms with Crippen molar-refractivity contribution in [2.24, 2.45) is 0 Å². The van der Waals surface area contributed by atoms with Gasteiger partial charge in [-0.3, -0.25) is 4.79 Å². The van der Waals surface area contributed by atoms with Crippen molar-refractivity contribution >= 4 is 5.91 Å². The molecule has 25 heavy (non-hydrogen) atoms. The first kappa shape index (κ1) is 18.8. The van der Waals surface area contributed by atoms with Crippen molar-refractivity contribution in [3.05, 3.63) is 59.2 Å². The third-order valence-electron chi connectivity index (χ3n) is 3.89. The standard InChI is InChI=1S/C21H27NO3/c1-5-18-8-6-7-9-20(18)25-17(4)21(23)22-10-11-24-19-13-15(2)12-16(3)14-19/h6-9,12-14,17H,5,10-11H2,1-4H3,(H,22,23)/t17-/m0/s1. The van der Waals surface area contributed by atoms with Crippen molar-refractivity contribution < 1.29 is 14.3 Å². The zero-order chi connectivity index (χ0) is 18.2. The molecule has 0 radical (unpaired) electrons. The van der Waals surface area contributed by atoms with E-state index in [4.69, 9.17) is 9.47 Å². The largest absolute Gasteiger partial charge is 0.492 e. The molecule has 0 aromatic heterocycles. The molecule has 0 spiro atoms. The maximum Gasteiger partial charge on any atom is 0.260 e. The van der Waals surface area contributed by atoms with Gasteiger partial charge in [-0.2, -0.15) is 0 Å². The van der Waals surface area contributed by atoms with Crippen molar-refractivity contribution in [3.8, 4) is 11.5 Å². The van der Waals surface area contributed by atoms with E-state index in [1.807, 2.05) is 50.2 Å². The fraction of sp³-hybridized carbons (Fsp3) is 0.381. The third kappa shape index (κ3) is 5.82. The maximum atomic E-state index is 12.2. The van der Waals surface area contributed by atoms with Crippen LogP contribution in [0.2, 0.25) is 0 Å². The van der Waals surface area contributed by atoms with Gasteiger partial charge in [0.2, 0.25) is 0 Å². The Bertz CT molecular complexity index is 692. The smallest absolute Gasteiger partial charge is 0.260 e. The lowest BCUT2D eigenvalue weighted by Gasteiger charge is -2.17. The highest BCUT2D eigenvalue weighted by molar-refractivity contribution is 5.80. The monoisotopic (exact) mass is 341 g/mol. The first-order valence-corrected chi connectivity index (χ1v) is 8.73. The van der Waals surface area contributed by atoms with E-state index in [2.05, 4.69) is 18.3 Å². The van der Waals surface area contributed by atoms with Crippen LogP contribution in [-0.2, 0) is 11.2 Å². The van der Waals surface area contributed by atoms with Crippen LogP contribution in [0.15, 0.2) is 42.5 Å². The van der Waals surface area contributed by atoms with Crippen LogP contribution in [0.1, 0.15) is 30.5 Å². The van der Waals surface area contributed by atoms with Gasteiger partial charge in [-0.25, -0.2) is 0 Å². The average molecular weight is 341 g/mol. The lowest BCUT2D eigenvalue weighted by atomic mass is 10.1. The summed E-state index contributed by atoms with van der Waals surface area (Å²) in [6.07, 6.45) is 0.322. The Labute approximate surface area is 150 Å². The second-order valence-electron chi connectivity index (χ2n) is 6.18. The van der Waals surface area contributed by atoms with Crippen molar-refractivity contribution in [2.45, 2.75) is 40.2 Å². The number of benzene rings is 2. The van der Waals surface area contributed by atoms with Crippen molar-refractivity contribution in [1.29, 1.82) is 0 Å². The van der Waals surface area contributed by atoms with Gasteiger partial charge in [-0.15, -0.1) is 0 Å². The molecule has 1 atom stereocenters. The van der Waals surface area contributed by atoms with Crippen LogP contribution in [0.25, 0.3) is 0 Å². The van der Waals surface area contributed by atoms with Crippen molar-refractivity contribution in [2.75, 3.05) is 13.2 Å². The highest BCUT2D eigenvalue weighted by Crippen LogP contribution is 2.19. The Hall–Kier alpha value is -2.49. The van der Waals surface area contributed by atoms with Crippen LogP contribution in [0.4, 0.5) is 0 Å².